The number of carbonyl (C=O) groups excluding carboxylic acids is 1. The Kier molecular flexibility index (Phi) is 4.67. The first kappa shape index (κ1) is 15.2. The van der Waals surface area contributed by atoms with Gasteiger partial charge in [-0.1, -0.05) is 42.5 Å². The molecule has 0 bridgehead atoms. The molecule has 116 valence electrons. The van der Waals surface area contributed by atoms with Gasteiger partial charge in [-0.2, -0.15) is 4.57 Å². The number of hydrogen-bond acceptors (Lipinski definition) is 2. The van der Waals surface area contributed by atoms with Gasteiger partial charge in [-0.3, -0.25) is 4.79 Å². The highest BCUT2D eigenvalue weighted by Crippen LogP contribution is 2.14. The minimum atomic E-state index is -0.173. The SMILES string of the molecule is COC(=O)CCc1cc2ccccc2[n+](Cc2ccccc2)c1. The van der Waals surface area contributed by atoms with E-state index in [4.69, 9.17) is 4.74 Å². The van der Waals surface area contributed by atoms with Crippen molar-refractivity contribution in [2.24, 2.45) is 0 Å². The molecule has 1 heterocycles. The van der Waals surface area contributed by atoms with Crippen LogP contribution in [0.1, 0.15) is 17.5 Å². The zero-order chi connectivity index (χ0) is 16.1. The van der Waals surface area contributed by atoms with E-state index in [0.29, 0.717) is 12.8 Å². The van der Waals surface area contributed by atoms with Crippen molar-refractivity contribution in [2.75, 3.05) is 7.11 Å². The summed E-state index contributed by atoms with van der Waals surface area (Å²) in [7, 11) is 1.43. The third-order valence-electron chi connectivity index (χ3n) is 3.95. The summed E-state index contributed by atoms with van der Waals surface area (Å²) in [5, 5.41) is 1.19. The smallest absolute Gasteiger partial charge is 0.305 e. The lowest BCUT2D eigenvalue weighted by molar-refractivity contribution is -0.662. The minimum Gasteiger partial charge on any atom is -0.469 e. The van der Waals surface area contributed by atoms with Gasteiger partial charge < -0.3 is 4.74 Å². The summed E-state index contributed by atoms with van der Waals surface area (Å²) in [5.41, 5.74) is 3.59. The van der Waals surface area contributed by atoms with Crippen molar-refractivity contribution < 1.29 is 14.1 Å². The summed E-state index contributed by atoms with van der Waals surface area (Å²) in [5.74, 6) is -0.173. The van der Waals surface area contributed by atoms with Gasteiger partial charge in [0.05, 0.1) is 7.11 Å². The number of carbonyl (C=O) groups is 1. The third-order valence-corrected chi connectivity index (χ3v) is 3.95. The van der Waals surface area contributed by atoms with Crippen LogP contribution < -0.4 is 4.57 Å². The minimum absolute atomic E-state index is 0.173. The van der Waals surface area contributed by atoms with Crippen LogP contribution in [-0.4, -0.2) is 13.1 Å². The highest BCUT2D eigenvalue weighted by Gasteiger charge is 2.13. The van der Waals surface area contributed by atoms with Crippen molar-refractivity contribution in [2.45, 2.75) is 19.4 Å². The normalized spacial score (nSPS) is 10.7. The van der Waals surface area contributed by atoms with E-state index in [-0.39, 0.29) is 5.97 Å². The number of benzene rings is 2. The largest absolute Gasteiger partial charge is 0.469 e. The molecule has 0 fully saturated rings. The highest BCUT2D eigenvalue weighted by molar-refractivity contribution is 5.76. The second kappa shape index (κ2) is 7.05. The summed E-state index contributed by atoms with van der Waals surface area (Å²) >= 11 is 0. The van der Waals surface area contributed by atoms with E-state index in [1.807, 2.05) is 12.1 Å². The molecule has 3 heteroatoms. The van der Waals surface area contributed by atoms with Crippen LogP contribution in [0.4, 0.5) is 0 Å². The van der Waals surface area contributed by atoms with Crippen molar-refractivity contribution in [3.05, 3.63) is 78.0 Å². The summed E-state index contributed by atoms with van der Waals surface area (Å²) < 4.78 is 6.99. The van der Waals surface area contributed by atoms with E-state index < -0.39 is 0 Å². The Balaban J connectivity index is 1.95. The fourth-order valence-corrected chi connectivity index (χ4v) is 2.77. The molecule has 0 radical (unpaired) electrons. The zero-order valence-corrected chi connectivity index (χ0v) is 13.2. The molecule has 0 aliphatic carbocycles. The van der Waals surface area contributed by atoms with Crippen LogP contribution >= 0.6 is 0 Å². The molecule has 3 nitrogen and oxygen atoms in total. The second-order valence-electron chi connectivity index (χ2n) is 5.60. The highest BCUT2D eigenvalue weighted by atomic mass is 16.5. The van der Waals surface area contributed by atoms with Crippen LogP contribution in [0.3, 0.4) is 0 Å². The average Bonchev–Trinajstić information content (AvgIpc) is 2.60. The Bertz CT molecular complexity index is 812. The van der Waals surface area contributed by atoms with Crippen LogP contribution in [0.15, 0.2) is 66.9 Å². The van der Waals surface area contributed by atoms with Crippen molar-refractivity contribution >= 4 is 16.9 Å². The van der Waals surface area contributed by atoms with Gasteiger partial charge in [0, 0.05) is 29.0 Å². The van der Waals surface area contributed by atoms with Crippen molar-refractivity contribution in [3.8, 4) is 0 Å². The number of hydrogen-bond donors (Lipinski definition) is 0. The molecule has 0 amide bonds. The molecule has 0 aliphatic heterocycles. The van der Waals surface area contributed by atoms with E-state index in [1.54, 1.807) is 0 Å². The number of aromatic nitrogens is 1. The second-order valence-corrected chi connectivity index (χ2v) is 5.60. The van der Waals surface area contributed by atoms with E-state index in [9.17, 15) is 4.79 Å². The monoisotopic (exact) mass is 306 g/mol. The number of nitrogens with zero attached hydrogens (tertiary/aromatic N) is 1. The van der Waals surface area contributed by atoms with Gasteiger partial charge >= 0.3 is 5.97 Å². The first-order valence-corrected chi connectivity index (χ1v) is 7.78. The number of pyridine rings is 1. The molecule has 23 heavy (non-hydrogen) atoms. The van der Waals surface area contributed by atoms with Crippen LogP contribution in [0, 0.1) is 0 Å². The number of fused-ring (bicyclic) bond motifs is 1. The maximum absolute atomic E-state index is 11.4. The molecule has 2 aromatic carbocycles. The van der Waals surface area contributed by atoms with E-state index in [0.717, 1.165) is 12.1 Å². The maximum atomic E-state index is 11.4. The number of rotatable bonds is 5. The van der Waals surface area contributed by atoms with E-state index in [2.05, 4.69) is 59.3 Å². The van der Waals surface area contributed by atoms with E-state index in [1.165, 1.54) is 23.6 Å². The van der Waals surface area contributed by atoms with Crippen LogP contribution in [0.5, 0.6) is 0 Å². The zero-order valence-electron chi connectivity index (χ0n) is 13.2. The topological polar surface area (TPSA) is 30.2 Å². The molecule has 3 rings (SSSR count). The van der Waals surface area contributed by atoms with Crippen LogP contribution in [0.25, 0.3) is 10.9 Å². The maximum Gasteiger partial charge on any atom is 0.305 e. The number of esters is 1. The average molecular weight is 306 g/mol. The first-order chi connectivity index (χ1) is 11.3. The number of ether oxygens (including phenoxy) is 1. The third kappa shape index (κ3) is 3.75. The molecule has 0 spiro atoms. The fourth-order valence-electron chi connectivity index (χ4n) is 2.77. The summed E-state index contributed by atoms with van der Waals surface area (Å²) in [6.07, 6.45) is 3.23. The Morgan fingerprint density at radius 1 is 1.00 bits per heavy atom. The molecule has 0 atom stereocenters. The standard InChI is InChI=1S/C20H20NO2/c1-23-20(22)12-11-17-13-18-9-5-6-10-19(18)21(15-17)14-16-7-3-2-4-8-16/h2-10,13,15H,11-12,14H2,1H3/q+1. The van der Waals surface area contributed by atoms with Gasteiger partial charge in [0.15, 0.2) is 12.7 Å². The molecule has 0 saturated carbocycles. The lowest BCUT2D eigenvalue weighted by atomic mass is 10.1. The van der Waals surface area contributed by atoms with Gasteiger partial charge in [-0.25, -0.2) is 0 Å². The number of aryl methyl sites for hydroxylation is 1. The molecular weight excluding hydrogens is 286 g/mol. The Morgan fingerprint density at radius 2 is 1.74 bits per heavy atom. The van der Waals surface area contributed by atoms with Gasteiger partial charge in [0.2, 0.25) is 5.52 Å². The van der Waals surface area contributed by atoms with E-state index >= 15 is 0 Å². The molecule has 0 unspecified atom stereocenters. The molecule has 3 aromatic rings. The predicted molar refractivity (Wildman–Crippen MR) is 90.0 cm³/mol. The van der Waals surface area contributed by atoms with Crippen molar-refractivity contribution in [1.82, 2.24) is 0 Å². The lowest BCUT2D eigenvalue weighted by Crippen LogP contribution is -2.35. The summed E-state index contributed by atoms with van der Waals surface area (Å²) in [6, 6.07) is 20.9. The van der Waals surface area contributed by atoms with Crippen LogP contribution in [0.2, 0.25) is 0 Å². The molecular formula is C20H20NO2+. The predicted octanol–water partition coefficient (Wildman–Crippen LogP) is 3.28. The van der Waals surface area contributed by atoms with Crippen molar-refractivity contribution in [1.29, 1.82) is 0 Å². The number of methoxy groups -OCH3 is 1. The fraction of sp³-hybridized carbons (Fsp3) is 0.200. The van der Waals surface area contributed by atoms with Gasteiger partial charge in [-0.15, -0.1) is 0 Å². The summed E-state index contributed by atoms with van der Waals surface area (Å²) in [4.78, 5) is 11.4. The Morgan fingerprint density at radius 3 is 2.52 bits per heavy atom. The number of para-hydroxylation sites is 1. The Labute approximate surface area is 136 Å². The Hall–Kier alpha value is -2.68. The first-order valence-electron chi connectivity index (χ1n) is 7.78. The van der Waals surface area contributed by atoms with Gasteiger partial charge in [0.25, 0.3) is 0 Å². The van der Waals surface area contributed by atoms with Gasteiger partial charge in [0.1, 0.15) is 0 Å². The van der Waals surface area contributed by atoms with Crippen LogP contribution in [-0.2, 0) is 22.5 Å². The molecule has 0 aliphatic rings. The molecule has 0 N–H and O–H groups in total. The summed E-state index contributed by atoms with van der Waals surface area (Å²) in [6.45, 7) is 0.813. The molecule has 0 saturated heterocycles. The molecule has 1 aromatic heterocycles. The van der Waals surface area contributed by atoms with Crippen molar-refractivity contribution in [3.63, 3.8) is 0 Å². The van der Waals surface area contributed by atoms with Gasteiger partial charge in [-0.05, 0) is 18.6 Å². The quantitative estimate of drug-likeness (QED) is 0.535. The lowest BCUT2D eigenvalue weighted by Gasteiger charge is -2.06.